The summed E-state index contributed by atoms with van der Waals surface area (Å²) in [4.78, 5) is 24.3. The number of benzene rings is 3. The molecule has 3 N–H and O–H groups in total. The lowest BCUT2D eigenvalue weighted by atomic mass is 9.92. The molecule has 0 aliphatic rings. The van der Waals surface area contributed by atoms with Gasteiger partial charge in [0, 0.05) is 17.2 Å². The number of fused-ring (bicyclic) bond motifs is 1. The normalized spacial score (nSPS) is 11.1. The first-order valence-corrected chi connectivity index (χ1v) is 11.1. The average molecular weight is 468 g/mol. The number of nitriles is 1. The van der Waals surface area contributed by atoms with Gasteiger partial charge < -0.3 is 10.4 Å². The topological polar surface area (TPSA) is 120 Å². The molecular formula is C27H25N5O3. The standard InChI is InChI=1S/C27H25N5O3/c1-27(2,3)23-15-24(30-26(35)29-20-10-8-17(16-28)9-11-20)32(31-23)21-12-18-6-4-5-7-22(18)19(13-21)14-25(33)34/h4-13,15H,14H2,1-3H3,(H,33,34)(H2,29,30,35). The summed E-state index contributed by atoms with van der Waals surface area (Å²) in [6.45, 7) is 6.07. The van der Waals surface area contributed by atoms with Crippen LogP contribution >= 0.6 is 0 Å². The number of carbonyl (C=O) groups excluding carboxylic acids is 1. The van der Waals surface area contributed by atoms with Gasteiger partial charge in [0.25, 0.3) is 0 Å². The third-order valence-electron chi connectivity index (χ3n) is 5.51. The second-order valence-electron chi connectivity index (χ2n) is 9.24. The fourth-order valence-electron chi connectivity index (χ4n) is 3.74. The predicted molar refractivity (Wildman–Crippen MR) is 135 cm³/mol. The van der Waals surface area contributed by atoms with Crippen LogP contribution in [0.3, 0.4) is 0 Å². The highest BCUT2D eigenvalue weighted by Gasteiger charge is 2.22. The summed E-state index contributed by atoms with van der Waals surface area (Å²) in [5.74, 6) is -0.485. The molecule has 0 aliphatic heterocycles. The van der Waals surface area contributed by atoms with Crippen LogP contribution in [0.4, 0.5) is 16.3 Å². The second-order valence-corrected chi connectivity index (χ2v) is 9.24. The minimum absolute atomic E-state index is 0.135. The summed E-state index contributed by atoms with van der Waals surface area (Å²) in [6.07, 6.45) is -0.135. The molecule has 0 saturated heterocycles. The number of aliphatic carboxylic acids is 1. The summed E-state index contributed by atoms with van der Waals surface area (Å²) in [6, 6.07) is 21.2. The molecule has 3 aromatic carbocycles. The number of amides is 2. The third kappa shape index (κ3) is 5.31. The van der Waals surface area contributed by atoms with Crippen LogP contribution in [0.1, 0.15) is 37.6 Å². The maximum absolute atomic E-state index is 12.8. The van der Waals surface area contributed by atoms with E-state index in [0.29, 0.717) is 28.3 Å². The van der Waals surface area contributed by atoms with Crippen molar-refractivity contribution in [2.24, 2.45) is 0 Å². The summed E-state index contributed by atoms with van der Waals surface area (Å²) in [7, 11) is 0. The summed E-state index contributed by atoms with van der Waals surface area (Å²) < 4.78 is 1.62. The Balaban J connectivity index is 1.74. The van der Waals surface area contributed by atoms with Gasteiger partial charge in [0.1, 0.15) is 5.82 Å². The van der Waals surface area contributed by atoms with Crippen molar-refractivity contribution in [3.05, 3.63) is 83.6 Å². The van der Waals surface area contributed by atoms with Crippen molar-refractivity contribution >= 4 is 34.3 Å². The van der Waals surface area contributed by atoms with Gasteiger partial charge in [-0.05, 0) is 52.7 Å². The van der Waals surface area contributed by atoms with Crippen molar-refractivity contribution in [3.8, 4) is 11.8 Å². The number of aromatic nitrogens is 2. The lowest BCUT2D eigenvalue weighted by Gasteiger charge is -2.14. The molecule has 35 heavy (non-hydrogen) atoms. The van der Waals surface area contributed by atoms with E-state index in [1.165, 1.54) is 0 Å². The van der Waals surface area contributed by atoms with Gasteiger partial charge in [-0.25, -0.2) is 9.48 Å². The second kappa shape index (κ2) is 9.31. The Hall–Kier alpha value is -4.64. The zero-order valence-corrected chi connectivity index (χ0v) is 19.7. The number of carboxylic acid groups (broad SMARTS) is 1. The molecule has 0 radical (unpaired) electrons. The average Bonchev–Trinajstić information content (AvgIpc) is 3.23. The third-order valence-corrected chi connectivity index (χ3v) is 5.51. The van der Waals surface area contributed by atoms with Gasteiger partial charge in [0.05, 0.1) is 29.4 Å². The number of hydrogen-bond acceptors (Lipinski definition) is 4. The molecule has 0 fully saturated rings. The molecule has 8 nitrogen and oxygen atoms in total. The first kappa shape index (κ1) is 23.5. The lowest BCUT2D eigenvalue weighted by Crippen LogP contribution is -2.21. The van der Waals surface area contributed by atoms with Crippen molar-refractivity contribution in [2.75, 3.05) is 10.6 Å². The van der Waals surface area contributed by atoms with Crippen molar-refractivity contribution < 1.29 is 14.7 Å². The van der Waals surface area contributed by atoms with Crippen molar-refractivity contribution in [3.63, 3.8) is 0 Å². The molecule has 176 valence electrons. The molecule has 4 aromatic rings. The van der Waals surface area contributed by atoms with Crippen LogP contribution in [-0.4, -0.2) is 26.9 Å². The monoisotopic (exact) mass is 467 g/mol. The van der Waals surface area contributed by atoms with Crippen molar-refractivity contribution in [1.29, 1.82) is 5.26 Å². The van der Waals surface area contributed by atoms with Crippen LogP contribution in [0.2, 0.25) is 0 Å². The van der Waals surface area contributed by atoms with E-state index in [1.807, 2.05) is 63.2 Å². The van der Waals surface area contributed by atoms with E-state index >= 15 is 0 Å². The Labute approximate surface area is 202 Å². The Bertz CT molecular complexity index is 1460. The zero-order valence-electron chi connectivity index (χ0n) is 19.7. The van der Waals surface area contributed by atoms with E-state index < -0.39 is 12.0 Å². The highest BCUT2D eigenvalue weighted by atomic mass is 16.4. The number of anilines is 2. The van der Waals surface area contributed by atoms with Gasteiger partial charge in [-0.1, -0.05) is 45.0 Å². The summed E-state index contributed by atoms with van der Waals surface area (Å²) in [5.41, 5.74) is 2.82. The van der Waals surface area contributed by atoms with Crippen LogP contribution in [-0.2, 0) is 16.6 Å². The number of urea groups is 1. The quantitative estimate of drug-likeness (QED) is 0.360. The molecule has 2 amide bonds. The smallest absolute Gasteiger partial charge is 0.324 e. The Morgan fingerprint density at radius 1 is 1.03 bits per heavy atom. The summed E-state index contributed by atoms with van der Waals surface area (Å²) >= 11 is 0. The van der Waals surface area contributed by atoms with E-state index in [0.717, 1.165) is 16.5 Å². The van der Waals surface area contributed by atoms with E-state index in [1.54, 1.807) is 35.0 Å². The van der Waals surface area contributed by atoms with Gasteiger partial charge in [0.2, 0.25) is 0 Å². The first-order valence-electron chi connectivity index (χ1n) is 11.1. The van der Waals surface area contributed by atoms with Gasteiger partial charge in [-0.3, -0.25) is 10.1 Å². The largest absolute Gasteiger partial charge is 0.481 e. The van der Waals surface area contributed by atoms with Crippen LogP contribution in [0.25, 0.3) is 16.5 Å². The number of nitrogens with one attached hydrogen (secondary N) is 2. The number of carbonyl (C=O) groups is 2. The number of rotatable bonds is 5. The highest BCUT2D eigenvalue weighted by molar-refractivity contribution is 5.99. The van der Waals surface area contributed by atoms with Gasteiger partial charge in [-0.15, -0.1) is 0 Å². The number of hydrogen-bond donors (Lipinski definition) is 3. The van der Waals surface area contributed by atoms with Crippen LogP contribution in [0.15, 0.2) is 66.7 Å². The fourth-order valence-corrected chi connectivity index (χ4v) is 3.74. The van der Waals surface area contributed by atoms with E-state index in [9.17, 15) is 14.7 Å². The molecule has 0 saturated carbocycles. The minimum atomic E-state index is -0.928. The van der Waals surface area contributed by atoms with Crippen molar-refractivity contribution in [1.82, 2.24) is 9.78 Å². The molecule has 0 spiro atoms. The minimum Gasteiger partial charge on any atom is -0.481 e. The van der Waals surface area contributed by atoms with Gasteiger partial charge in [-0.2, -0.15) is 10.4 Å². The predicted octanol–water partition coefficient (Wildman–Crippen LogP) is 5.47. The molecule has 0 bridgehead atoms. The molecule has 0 aliphatic carbocycles. The molecule has 0 unspecified atom stereocenters. The van der Waals surface area contributed by atoms with Crippen LogP contribution < -0.4 is 10.6 Å². The lowest BCUT2D eigenvalue weighted by molar-refractivity contribution is -0.136. The molecular weight excluding hydrogens is 442 g/mol. The molecule has 8 heteroatoms. The Morgan fingerprint density at radius 3 is 2.40 bits per heavy atom. The SMILES string of the molecule is CC(C)(C)c1cc(NC(=O)Nc2ccc(C#N)cc2)n(-c2cc(CC(=O)O)c3ccccc3c2)n1. The van der Waals surface area contributed by atoms with Gasteiger partial charge in [0.15, 0.2) is 0 Å². The van der Waals surface area contributed by atoms with E-state index in [4.69, 9.17) is 10.4 Å². The molecule has 1 heterocycles. The number of nitrogens with zero attached hydrogens (tertiary/aromatic N) is 3. The van der Waals surface area contributed by atoms with E-state index in [2.05, 4.69) is 10.6 Å². The van der Waals surface area contributed by atoms with Crippen LogP contribution in [0, 0.1) is 11.3 Å². The van der Waals surface area contributed by atoms with E-state index in [-0.39, 0.29) is 11.8 Å². The highest BCUT2D eigenvalue weighted by Crippen LogP contribution is 2.29. The van der Waals surface area contributed by atoms with Gasteiger partial charge >= 0.3 is 12.0 Å². The Kier molecular flexibility index (Phi) is 6.26. The molecule has 1 aromatic heterocycles. The first-order chi connectivity index (χ1) is 16.6. The Morgan fingerprint density at radius 2 is 1.74 bits per heavy atom. The zero-order chi connectivity index (χ0) is 25.2. The van der Waals surface area contributed by atoms with Crippen LogP contribution in [0.5, 0.6) is 0 Å². The molecule has 0 atom stereocenters. The maximum Gasteiger partial charge on any atom is 0.324 e. The van der Waals surface area contributed by atoms with Crippen molar-refractivity contribution in [2.45, 2.75) is 32.6 Å². The fraction of sp³-hybridized carbons (Fsp3) is 0.185. The summed E-state index contributed by atoms with van der Waals surface area (Å²) in [5, 5.41) is 30.5. The maximum atomic E-state index is 12.8. The molecule has 4 rings (SSSR count). The number of carboxylic acids is 1.